The van der Waals surface area contributed by atoms with Gasteiger partial charge >= 0.3 is 0 Å². The lowest BCUT2D eigenvalue weighted by Crippen LogP contribution is -2.21. The van der Waals surface area contributed by atoms with Crippen LogP contribution in [-0.2, 0) is 9.84 Å². The number of nitrogens with one attached hydrogen (secondary N) is 2. The molecule has 0 bridgehead atoms. The third-order valence-electron chi connectivity index (χ3n) is 4.77. The van der Waals surface area contributed by atoms with Crippen LogP contribution in [0.25, 0.3) is 11.3 Å². The van der Waals surface area contributed by atoms with E-state index in [0.717, 1.165) is 22.5 Å². The van der Waals surface area contributed by atoms with E-state index in [1.54, 1.807) is 0 Å². The summed E-state index contributed by atoms with van der Waals surface area (Å²) in [7, 11) is -2.96. The Morgan fingerprint density at radius 2 is 1.75 bits per heavy atom. The summed E-state index contributed by atoms with van der Waals surface area (Å²) in [6, 6.07) is 19.5. The first-order valence-corrected chi connectivity index (χ1v) is 11.0. The molecule has 1 atom stereocenters. The molecular weight excluding hydrogens is 372 g/mol. The highest BCUT2D eigenvalue weighted by Gasteiger charge is 2.28. The molecule has 1 aliphatic rings. The van der Waals surface area contributed by atoms with E-state index in [-0.39, 0.29) is 17.5 Å². The van der Waals surface area contributed by atoms with Gasteiger partial charge < -0.3 is 10.6 Å². The maximum atomic E-state index is 11.8. The molecule has 3 aromatic rings. The van der Waals surface area contributed by atoms with Gasteiger partial charge in [-0.05, 0) is 25.0 Å². The summed E-state index contributed by atoms with van der Waals surface area (Å²) in [4.78, 5) is 9.24. The van der Waals surface area contributed by atoms with Crippen molar-refractivity contribution in [1.82, 2.24) is 9.97 Å². The summed E-state index contributed by atoms with van der Waals surface area (Å²) in [5, 5.41) is 6.56. The smallest absolute Gasteiger partial charge is 0.229 e. The lowest BCUT2D eigenvalue weighted by molar-refractivity contribution is 0.602. The maximum Gasteiger partial charge on any atom is 0.229 e. The fourth-order valence-electron chi connectivity index (χ4n) is 3.29. The normalized spacial score (nSPS) is 18.0. The number of anilines is 3. The molecule has 2 aromatic carbocycles. The fourth-order valence-corrected chi connectivity index (χ4v) is 4.96. The van der Waals surface area contributed by atoms with Crippen LogP contribution < -0.4 is 10.6 Å². The first-order chi connectivity index (χ1) is 13.5. The molecule has 2 heterocycles. The van der Waals surface area contributed by atoms with Gasteiger partial charge in [-0.15, -0.1) is 0 Å². The highest BCUT2D eigenvalue weighted by Crippen LogP contribution is 2.25. The Morgan fingerprint density at radius 3 is 2.46 bits per heavy atom. The monoisotopic (exact) mass is 394 g/mol. The second-order valence-electron chi connectivity index (χ2n) is 7.01. The molecule has 1 aromatic heterocycles. The van der Waals surface area contributed by atoms with Crippen molar-refractivity contribution in [2.75, 3.05) is 22.1 Å². The van der Waals surface area contributed by atoms with E-state index in [1.165, 1.54) is 0 Å². The number of sulfone groups is 1. The number of nitrogens with zero attached hydrogens (tertiary/aromatic N) is 2. The molecule has 0 amide bonds. The Kier molecular flexibility index (Phi) is 5.00. The van der Waals surface area contributed by atoms with Crippen LogP contribution in [-0.4, -0.2) is 35.9 Å². The number of aromatic nitrogens is 2. The van der Waals surface area contributed by atoms with Crippen molar-refractivity contribution < 1.29 is 8.42 Å². The van der Waals surface area contributed by atoms with Crippen LogP contribution >= 0.6 is 0 Å². The Bertz CT molecular complexity index is 1080. The lowest BCUT2D eigenvalue weighted by atomic mass is 10.1. The molecule has 1 aliphatic heterocycles. The second-order valence-corrected chi connectivity index (χ2v) is 9.24. The maximum absolute atomic E-state index is 11.8. The molecule has 144 valence electrons. The fraction of sp³-hybridized carbons (Fsp3) is 0.238. The number of benzene rings is 2. The van der Waals surface area contributed by atoms with Crippen LogP contribution in [0.5, 0.6) is 0 Å². The molecular formula is C21H22N4O2S. The van der Waals surface area contributed by atoms with Gasteiger partial charge in [0.15, 0.2) is 9.84 Å². The van der Waals surface area contributed by atoms with E-state index in [4.69, 9.17) is 0 Å². The highest BCUT2D eigenvalue weighted by molar-refractivity contribution is 7.91. The van der Waals surface area contributed by atoms with E-state index in [1.807, 2.05) is 67.6 Å². The van der Waals surface area contributed by atoms with Gasteiger partial charge in [-0.3, -0.25) is 0 Å². The minimum absolute atomic E-state index is 0.130. The minimum Gasteiger partial charge on any atom is -0.366 e. The van der Waals surface area contributed by atoms with Crippen molar-refractivity contribution in [3.05, 3.63) is 66.2 Å². The Morgan fingerprint density at radius 1 is 1.00 bits per heavy atom. The van der Waals surface area contributed by atoms with E-state index in [0.29, 0.717) is 18.2 Å². The van der Waals surface area contributed by atoms with Crippen LogP contribution in [0.4, 0.5) is 17.5 Å². The van der Waals surface area contributed by atoms with Gasteiger partial charge in [-0.25, -0.2) is 13.4 Å². The average molecular weight is 395 g/mol. The van der Waals surface area contributed by atoms with Gasteiger partial charge in [0.25, 0.3) is 0 Å². The first kappa shape index (κ1) is 18.4. The van der Waals surface area contributed by atoms with Gasteiger partial charge in [-0.1, -0.05) is 48.5 Å². The molecule has 7 heteroatoms. The van der Waals surface area contributed by atoms with E-state index < -0.39 is 9.84 Å². The third kappa shape index (κ3) is 4.31. The second kappa shape index (κ2) is 7.59. The molecule has 28 heavy (non-hydrogen) atoms. The molecule has 4 rings (SSSR count). The van der Waals surface area contributed by atoms with Crippen molar-refractivity contribution in [2.45, 2.75) is 19.4 Å². The van der Waals surface area contributed by atoms with Crippen LogP contribution in [0.3, 0.4) is 0 Å². The summed E-state index contributed by atoms with van der Waals surface area (Å²) in [6.45, 7) is 2.02. The van der Waals surface area contributed by atoms with Crippen LogP contribution in [0, 0.1) is 6.92 Å². The summed E-state index contributed by atoms with van der Waals surface area (Å²) in [5.41, 5.74) is 3.77. The molecule has 0 saturated carbocycles. The topological polar surface area (TPSA) is 84.0 Å². The zero-order chi connectivity index (χ0) is 19.6. The molecule has 0 spiro atoms. The standard InChI is InChI=1S/C21H22N4O2S/c1-15-7-5-6-10-18(15)23-21-24-19(16-8-3-2-4-9-16)13-20(25-21)22-17-11-12-28(26,27)14-17/h2-10,13,17H,11-12,14H2,1H3,(H2,22,23,24,25). The lowest BCUT2D eigenvalue weighted by Gasteiger charge is -2.15. The minimum atomic E-state index is -2.96. The van der Waals surface area contributed by atoms with Crippen molar-refractivity contribution in [1.29, 1.82) is 0 Å². The van der Waals surface area contributed by atoms with E-state index >= 15 is 0 Å². The third-order valence-corrected chi connectivity index (χ3v) is 6.54. The Hall–Kier alpha value is -2.93. The zero-order valence-corrected chi connectivity index (χ0v) is 16.4. The molecule has 1 unspecified atom stereocenters. The largest absolute Gasteiger partial charge is 0.366 e. The number of hydrogen-bond donors (Lipinski definition) is 2. The summed E-state index contributed by atoms with van der Waals surface area (Å²) >= 11 is 0. The van der Waals surface area contributed by atoms with Crippen LogP contribution in [0.15, 0.2) is 60.7 Å². The molecule has 6 nitrogen and oxygen atoms in total. The van der Waals surface area contributed by atoms with Crippen LogP contribution in [0.2, 0.25) is 0 Å². The number of aryl methyl sites for hydroxylation is 1. The predicted molar refractivity (Wildman–Crippen MR) is 113 cm³/mol. The van der Waals surface area contributed by atoms with E-state index in [9.17, 15) is 8.42 Å². The van der Waals surface area contributed by atoms with Crippen LogP contribution in [0.1, 0.15) is 12.0 Å². The van der Waals surface area contributed by atoms with E-state index in [2.05, 4.69) is 20.6 Å². The summed E-state index contributed by atoms with van der Waals surface area (Å²) in [5.74, 6) is 1.44. The average Bonchev–Trinajstić information content (AvgIpc) is 3.02. The quantitative estimate of drug-likeness (QED) is 0.685. The van der Waals surface area contributed by atoms with Gasteiger partial charge in [-0.2, -0.15) is 4.98 Å². The van der Waals surface area contributed by atoms with Gasteiger partial charge in [0.1, 0.15) is 5.82 Å². The van der Waals surface area contributed by atoms with Crippen molar-refractivity contribution in [3.8, 4) is 11.3 Å². The molecule has 2 N–H and O–H groups in total. The Balaban J connectivity index is 1.68. The predicted octanol–water partition coefficient (Wildman–Crippen LogP) is 3.79. The highest BCUT2D eigenvalue weighted by atomic mass is 32.2. The number of hydrogen-bond acceptors (Lipinski definition) is 6. The van der Waals surface area contributed by atoms with Crippen molar-refractivity contribution >= 4 is 27.3 Å². The van der Waals surface area contributed by atoms with Gasteiger partial charge in [0.2, 0.25) is 5.95 Å². The number of rotatable bonds is 5. The molecule has 0 radical (unpaired) electrons. The molecule has 1 fully saturated rings. The molecule has 1 saturated heterocycles. The zero-order valence-electron chi connectivity index (χ0n) is 15.6. The van der Waals surface area contributed by atoms with Gasteiger partial charge in [0, 0.05) is 23.4 Å². The first-order valence-electron chi connectivity index (χ1n) is 9.23. The summed E-state index contributed by atoms with van der Waals surface area (Å²) in [6.07, 6.45) is 0.591. The molecule has 0 aliphatic carbocycles. The number of para-hydroxylation sites is 1. The SMILES string of the molecule is Cc1ccccc1Nc1nc(NC2CCS(=O)(=O)C2)cc(-c2ccccc2)n1. The summed E-state index contributed by atoms with van der Waals surface area (Å²) < 4.78 is 23.6. The van der Waals surface area contributed by atoms with Crippen molar-refractivity contribution in [2.24, 2.45) is 0 Å². The van der Waals surface area contributed by atoms with Gasteiger partial charge in [0.05, 0.1) is 17.2 Å². The van der Waals surface area contributed by atoms with Crippen molar-refractivity contribution in [3.63, 3.8) is 0 Å². The Labute approximate surface area is 165 Å².